The molecule has 138 valence electrons. The monoisotopic (exact) mass is 436 g/mol. The molecule has 1 unspecified atom stereocenters. The number of nitrogens with zero attached hydrogens (tertiary/aromatic N) is 1. The van der Waals surface area contributed by atoms with E-state index in [4.69, 9.17) is 0 Å². The first-order valence-corrected chi connectivity index (χ1v) is 10.8. The van der Waals surface area contributed by atoms with Gasteiger partial charge < -0.3 is 4.90 Å². The van der Waals surface area contributed by atoms with Crippen molar-refractivity contribution in [3.05, 3.63) is 58.1 Å². The molecule has 0 aliphatic carbocycles. The summed E-state index contributed by atoms with van der Waals surface area (Å²) >= 11 is 3.39. The summed E-state index contributed by atoms with van der Waals surface area (Å²) in [6.07, 6.45) is 1.31. The fraction of sp³-hybridized carbons (Fsp3) is 0.316. The van der Waals surface area contributed by atoms with E-state index in [2.05, 4.69) is 20.7 Å². The molecule has 1 heterocycles. The minimum absolute atomic E-state index is 0.0289. The summed E-state index contributed by atoms with van der Waals surface area (Å²) in [7, 11) is -3.65. The molecule has 1 N–H and O–H groups in total. The number of sulfonamides is 1. The lowest BCUT2D eigenvalue weighted by Crippen LogP contribution is -2.28. The summed E-state index contributed by atoms with van der Waals surface area (Å²) in [5.41, 5.74) is 2.61. The Bertz CT molecular complexity index is 926. The SMILES string of the molecule is CCC(NS(=O)(=O)c1ccc2c(c1)CCN2C(C)=O)c1ccc(Br)cc1. The van der Waals surface area contributed by atoms with Gasteiger partial charge in [-0.15, -0.1) is 0 Å². The van der Waals surface area contributed by atoms with Crippen molar-refractivity contribution in [1.82, 2.24) is 4.72 Å². The smallest absolute Gasteiger partial charge is 0.241 e. The quantitative estimate of drug-likeness (QED) is 0.774. The molecule has 1 atom stereocenters. The van der Waals surface area contributed by atoms with Crippen molar-refractivity contribution in [2.75, 3.05) is 11.4 Å². The van der Waals surface area contributed by atoms with E-state index in [9.17, 15) is 13.2 Å². The fourth-order valence-corrected chi connectivity index (χ4v) is 4.83. The Kier molecular flexibility index (Phi) is 5.50. The van der Waals surface area contributed by atoms with Crippen molar-refractivity contribution >= 4 is 37.5 Å². The van der Waals surface area contributed by atoms with Crippen molar-refractivity contribution in [2.24, 2.45) is 0 Å². The van der Waals surface area contributed by atoms with E-state index in [1.807, 2.05) is 31.2 Å². The van der Waals surface area contributed by atoms with Crippen LogP contribution in [0.3, 0.4) is 0 Å². The molecular weight excluding hydrogens is 416 g/mol. The molecule has 26 heavy (non-hydrogen) atoms. The number of rotatable bonds is 5. The zero-order valence-corrected chi connectivity index (χ0v) is 17.1. The zero-order valence-electron chi connectivity index (χ0n) is 14.7. The molecule has 2 aromatic carbocycles. The number of benzene rings is 2. The Morgan fingerprint density at radius 3 is 2.54 bits per heavy atom. The third kappa shape index (κ3) is 3.84. The molecule has 0 radical (unpaired) electrons. The second-order valence-electron chi connectivity index (χ2n) is 6.34. The lowest BCUT2D eigenvalue weighted by molar-refractivity contribution is -0.116. The average molecular weight is 437 g/mol. The first-order chi connectivity index (χ1) is 12.3. The van der Waals surface area contributed by atoms with Crippen LogP contribution >= 0.6 is 15.9 Å². The van der Waals surface area contributed by atoms with Crippen molar-refractivity contribution in [3.63, 3.8) is 0 Å². The van der Waals surface area contributed by atoms with E-state index in [1.54, 1.807) is 23.1 Å². The van der Waals surface area contributed by atoms with Crippen LogP contribution in [0.4, 0.5) is 5.69 Å². The fourth-order valence-electron chi connectivity index (χ4n) is 3.21. The Balaban J connectivity index is 1.86. The lowest BCUT2D eigenvalue weighted by atomic mass is 10.1. The highest BCUT2D eigenvalue weighted by molar-refractivity contribution is 9.10. The van der Waals surface area contributed by atoms with Gasteiger partial charge in [-0.05, 0) is 54.3 Å². The number of carbonyl (C=O) groups is 1. The molecule has 0 bridgehead atoms. The third-order valence-electron chi connectivity index (χ3n) is 4.61. The molecule has 5 nitrogen and oxygen atoms in total. The van der Waals surface area contributed by atoms with E-state index >= 15 is 0 Å². The van der Waals surface area contributed by atoms with Gasteiger partial charge in [-0.3, -0.25) is 4.79 Å². The van der Waals surface area contributed by atoms with Crippen LogP contribution in [0.1, 0.15) is 37.4 Å². The van der Waals surface area contributed by atoms with Gasteiger partial charge in [0.15, 0.2) is 0 Å². The number of carbonyl (C=O) groups excluding carboxylic acids is 1. The third-order valence-corrected chi connectivity index (χ3v) is 6.61. The largest absolute Gasteiger partial charge is 0.312 e. The van der Waals surface area contributed by atoms with Gasteiger partial charge in [-0.1, -0.05) is 35.0 Å². The molecular formula is C19H21BrN2O3S. The predicted octanol–water partition coefficient (Wildman–Crippen LogP) is 3.79. The average Bonchev–Trinajstić information content (AvgIpc) is 3.04. The van der Waals surface area contributed by atoms with Gasteiger partial charge in [0.25, 0.3) is 0 Å². The summed E-state index contributed by atoms with van der Waals surface area (Å²) in [5.74, 6) is -0.0289. The molecule has 0 fully saturated rings. The number of hydrogen-bond acceptors (Lipinski definition) is 3. The molecule has 0 aromatic heterocycles. The van der Waals surface area contributed by atoms with Crippen LogP contribution in [-0.2, 0) is 21.2 Å². The summed E-state index contributed by atoms with van der Waals surface area (Å²) in [4.78, 5) is 13.6. The summed E-state index contributed by atoms with van der Waals surface area (Å²) in [6, 6.07) is 12.3. The molecule has 7 heteroatoms. The topological polar surface area (TPSA) is 66.5 Å². The molecule has 2 aromatic rings. The standard InChI is InChI=1S/C19H21BrN2O3S/c1-3-18(14-4-6-16(20)7-5-14)21-26(24,25)17-8-9-19-15(12-17)10-11-22(19)13(2)23/h4-9,12,18,21H,3,10-11H2,1-2H3. The lowest BCUT2D eigenvalue weighted by Gasteiger charge is -2.19. The van der Waals surface area contributed by atoms with Crippen LogP contribution in [-0.4, -0.2) is 20.9 Å². The summed E-state index contributed by atoms with van der Waals surface area (Å²) in [5, 5.41) is 0. The number of anilines is 1. The molecule has 1 aliphatic heterocycles. The summed E-state index contributed by atoms with van der Waals surface area (Å²) < 4.78 is 29.5. The van der Waals surface area contributed by atoms with Gasteiger partial charge in [0, 0.05) is 29.7 Å². The van der Waals surface area contributed by atoms with Crippen molar-refractivity contribution in [2.45, 2.75) is 37.6 Å². The molecule has 0 saturated heterocycles. The van der Waals surface area contributed by atoms with E-state index in [0.717, 1.165) is 21.3 Å². The molecule has 0 spiro atoms. The molecule has 1 amide bonds. The maximum Gasteiger partial charge on any atom is 0.241 e. The normalized spacial score (nSPS) is 15.0. The first-order valence-electron chi connectivity index (χ1n) is 8.50. The van der Waals surface area contributed by atoms with Gasteiger partial charge >= 0.3 is 0 Å². The highest BCUT2D eigenvalue weighted by Gasteiger charge is 2.26. The van der Waals surface area contributed by atoms with Gasteiger partial charge in [-0.25, -0.2) is 13.1 Å². The van der Waals surface area contributed by atoms with E-state index in [1.165, 1.54) is 6.92 Å². The van der Waals surface area contributed by atoms with Crippen LogP contribution in [0.25, 0.3) is 0 Å². The van der Waals surface area contributed by atoms with Crippen molar-refractivity contribution < 1.29 is 13.2 Å². The van der Waals surface area contributed by atoms with Gasteiger partial charge in [0.1, 0.15) is 0 Å². The zero-order chi connectivity index (χ0) is 18.9. The highest BCUT2D eigenvalue weighted by atomic mass is 79.9. The van der Waals surface area contributed by atoms with Gasteiger partial charge in [0.05, 0.1) is 4.90 Å². The Labute approximate surface area is 162 Å². The minimum Gasteiger partial charge on any atom is -0.312 e. The molecule has 1 aliphatic rings. The highest BCUT2D eigenvalue weighted by Crippen LogP contribution is 2.31. The number of halogens is 1. The number of fused-ring (bicyclic) bond motifs is 1. The van der Waals surface area contributed by atoms with E-state index in [-0.39, 0.29) is 16.8 Å². The molecule has 0 saturated carbocycles. The van der Waals surface area contributed by atoms with Crippen LogP contribution in [0.2, 0.25) is 0 Å². The Morgan fingerprint density at radius 1 is 1.23 bits per heavy atom. The van der Waals surface area contributed by atoms with Gasteiger partial charge in [-0.2, -0.15) is 0 Å². The molecule has 3 rings (SSSR count). The Morgan fingerprint density at radius 2 is 1.92 bits per heavy atom. The minimum atomic E-state index is -3.65. The van der Waals surface area contributed by atoms with Crippen molar-refractivity contribution in [3.8, 4) is 0 Å². The van der Waals surface area contributed by atoms with Crippen LogP contribution in [0, 0.1) is 0 Å². The second kappa shape index (κ2) is 7.50. The van der Waals surface area contributed by atoms with Crippen LogP contribution in [0.5, 0.6) is 0 Å². The van der Waals surface area contributed by atoms with Crippen LogP contribution < -0.4 is 9.62 Å². The van der Waals surface area contributed by atoms with E-state index < -0.39 is 10.0 Å². The summed E-state index contributed by atoms with van der Waals surface area (Å²) in [6.45, 7) is 4.06. The predicted molar refractivity (Wildman–Crippen MR) is 106 cm³/mol. The Hall–Kier alpha value is -1.70. The second-order valence-corrected chi connectivity index (χ2v) is 8.97. The maximum atomic E-state index is 12.9. The number of nitrogens with one attached hydrogen (secondary N) is 1. The van der Waals surface area contributed by atoms with Crippen LogP contribution in [0.15, 0.2) is 51.8 Å². The van der Waals surface area contributed by atoms with Gasteiger partial charge in [0.2, 0.25) is 15.9 Å². The number of hydrogen-bond donors (Lipinski definition) is 1. The maximum absolute atomic E-state index is 12.9. The number of amides is 1. The first kappa shape index (κ1) is 19.1. The van der Waals surface area contributed by atoms with E-state index in [0.29, 0.717) is 19.4 Å². The van der Waals surface area contributed by atoms with Crippen molar-refractivity contribution in [1.29, 1.82) is 0 Å².